The van der Waals surface area contributed by atoms with Crippen LogP contribution in [0.4, 0.5) is 5.69 Å². The molecule has 3 rings (SSSR count). The van der Waals surface area contributed by atoms with E-state index in [2.05, 4.69) is 0 Å². The standard InChI is InChI=1S/C15H16Cl3NO2/c1-21-11-7-5-10(6-8-11)19-13(20)14(16)9-3-2-4-12(14)15(19,17)18/h5-8,12H,2-4,9H2,1H3. The molecule has 1 aromatic carbocycles. The van der Waals surface area contributed by atoms with Crippen LogP contribution in [0, 0.1) is 5.92 Å². The van der Waals surface area contributed by atoms with Crippen LogP contribution in [0.5, 0.6) is 5.75 Å². The molecule has 2 atom stereocenters. The zero-order valence-corrected chi connectivity index (χ0v) is 13.9. The molecule has 2 aliphatic rings. The molecular weight excluding hydrogens is 333 g/mol. The second kappa shape index (κ2) is 5.22. The molecule has 1 saturated heterocycles. The number of amides is 1. The Hall–Kier alpha value is -0.640. The van der Waals surface area contributed by atoms with E-state index < -0.39 is 9.33 Å². The van der Waals surface area contributed by atoms with Gasteiger partial charge in [-0.1, -0.05) is 36.0 Å². The highest BCUT2D eigenvalue weighted by molar-refractivity contribution is 6.55. The predicted molar refractivity (Wildman–Crippen MR) is 85.5 cm³/mol. The lowest BCUT2D eigenvalue weighted by Gasteiger charge is -2.34. The summed E-state index contributed by atoms with van der Waals surface area (Å²) in [4.78, 5) is 13.3. The van der Waals surface area contributed by atoms with Crippen molar-refractivity contribution in [1.82, 2.24) is 0 Å². The first-order chi connectivity index (χ1) is 9.91. The number of fused-ring (bicyclic) bond motifs is 1. The minimum absolute atomic E-state index is 0.205. The molecule has 2 unspecified atom stereocenters. The number of halogens is 3. The third-order valence-electron chi connectivity index (χ3n) is 4.44. The maximum Gasteiger partial charge on any atom is 0.251 e. The number of nitrogens with zero attached hydrogens (tertiary/aromatic N) is 1. The van der Waals surface area contributed by atoms with Gasteiger partial charge in [-0.3, -0.25) is 9.69 Å². The Morgan fingerprint density at radius 1 is 1.19 bits per heavy atom. The second-order valence-corrected chi connectivity index (χ2v) is 7.61. The van der Waals surface area contributed by atoms with E-state index >= 15 is 0 Å². The average Bonchev–Trinajstić information content (AvgIpc) is 2.63. The van der Waals surface area contributed by atoms with Crippen molar-refractivity contribution < 1.29 is 9.53 Å². The van der Waals surface area contributed by atoms with E-state index in [0.717, 1.165) is 19.3 Å². The maximum atomic E-state index is 12.8. The summed E-state index contributed by atoms with van der Waals surface area (Å²) in [6.07, 6.45) is 3.29. The van der Waals surface area contributed by atoms with Crippen molar-refractivity contribution in [2.24, 2.45) is 5.92 Å². The smallest absolute Gasteiger partial charge is 0.251 e. The van der Waals surface area contributed by atoms with Crippen LogP contribution in [0.3, 0.4) is 0 Å². The van der Waals surface area contributed by atoms with Crippen molar-refractivity contribution >= 4 is 46.4 Å². The molecule has 0 spiro atoms. The Labute approximate surface area is 139 Å². The van der Waals surface area contributed by atoms with E-state index in [1.807, 2.05) is 0 Å². The largest absolute Gasteiger partial charge is 0.497 e. The first-order valence-electron chi connectivity index (χ1n) is 6.96. The highest BCUT2D eigenvalue weighted by atomic mass is 35.5. The van der Waals surface area contributed by atoms with Gasteiger partial charge in [-0.25, -0.2) is 0 Å². The fourth-order valence-electron chi connectivity index (χ4n) is 3.34. The Bertz CT molecular complexity index is 561. The van der Waals surface area contributed by atoms with Crippen molar-refractivity contribution in [3.63, 3.8) is 0 Å². The van der Waals surface area contributed by atoms with Crippen LogP contribution in [0.25, 0.3) is 0 Å². The fraction of sp³-hybridized carbons (Fsp3) is 0.533. The van der Waals surface area contributed by atoms with E-state index in [4.69, 9.17) is 39.5 Å². The Kier molecular flexibility index (Phi) is 3.79. The molecule has 0 aromatic heterocycles. The van der Waals surface area contributed by atoms with Gasteiger partial charge in [0.05, 0.1) is 7.11 Å². The SMILES string of the molecule is COc1ccc(N2C(=O)C3(Cl)CCCCC3C2(Cl)Cl)cc1. The van der Waals surface area contributed by atoms with Crippen LogP contribution in [0.2, 0.25) is 0 Å². The van der Waals surface area contributed by atoms with Gasteiger partial charge in [0.25, 0.3) is 5.91 Å². The van der Waals surface area contributed by atoms with Crippen LogP contribution in [-0.2, 0) is 4.79 Å². The third kappa shape index (κ3) is 2.21. The summed E-state index contributed by atoms with van der Waals surface area (Å²) in [6, 6.07) is 7.09. The molecular formula is C15H16Cl3NO2. The lowest BCUT2D eigenvalue weighted by Crippen LogP contribution is -2.40. The van der Waals surface area contributed by atoms with Gasteiger partial charge in [-0.05, 0) is 37.1 Å². The van der Waals surface area contributed by atoms with E-state index in [-0.39, 0.29) is 11.8 Å². The molecule has 2 fully saturated rings. The normalized spacial score (nSPS) is 31.1. The summed E-state index contributed by atoms with van der Waals surface area (Å²) in [6.45, 7) is 0. The lowest BCUT2D eigenvalue weighted by atomic mass is 9.80. The number of carbonyl (C=O) groups is 1. The highest BCUT2D eigenvalue weighted by Crippen LogP contribution is 2.58. The number of rotatable bonds is 2. The maximum absolute atomic E-state index is 12.8. The predicted octanol–water partition coefficient (Wildman–Crippen LogP) is 4.34. The minimum Gasteiger partial charge on any atom is -0.497 e. The first-order valence-corrected chi connectivity index (χ1v) is 8.10. The number of hydrogen-bond acceptors (Lipinski definition) is 2. The van der Waals surface area contributed by atoms with Crippen molar-refractivity contribution in [1.29, 1.82) is 0 Å². The fourth-order valence-corrected chi connectivity index (χ4v) is 4.87. The van der Waals surface area contributed by atoms with Gasteiger partial charge < -0.3 is 4.74 Å². The number of carbonyl (C=O) groups excluding carboxylic acids is 1. The summed E-state index contributed by atoms with van der Waals surface area (Å²) in [5, 5.41) is 0. The molecule has 1 aromatic rings. The zero-order valence-electron chi connectivity index (χ0n) is 11.6. The van der Waals surface area contributed by atoms with Crippen LogP contribution in [-0.4, -0.2) is 22.3 Å². The van der Waals surface area contributed by atoms with Crippen LogP contribution in [0.1, 0.15) is 25.7 Å². The van der Waals surface area contributed by atoms with Crippen molar-refractivity contribution in [3.8, 4) is 5.75 Å². The van der Waals surface area contributed by atoms with Gasteiger partial charge in [0.15, 0.2) is 0 Å². The molecule has 6 heteroatoms. The number of methoxy groups -OCH3 is 1. The molecule has 1 aliphatic heterocycles. The average molecular weight is 349 g/mol. The zero-order chi connectivity index (χ0) is 15.3. The number of anilines is 1. The summed E-state index contributed by atoms with van der Waals surface area (Å²) < 4.78 is 3.82. The minimum atomic E-state index is -1.31. The molecule has 114 valence electrons. The lowest BCUT2D eigenvalue weighted by molar-refractivity contribution is -0.120. The van der Waals surface area contributed by atoms with Gasteiger partial charge in [0.2, 0.25) is 4.46 Å². The van der Waals surface area contributed by atoms with Gasteiger partial charge in [-0.15, -0.1) is 11.6 Å². The van der Waals surface area contributed by atoms with Crippen molar-refractivity contribution in [3.05, 3.63) is 24.3 Å². The quantitative estimate of drug-likeness (QED) is 0.588. The molecule has 21 heavy (non-hydrogen) atoms. The monoisotopic (exact) mass is 347 g/mol. The van der Waals surface area contributed by atoms with Gasteiger partial charge in [0.1, 0.15) is 10.6 Å². The molecule has 0 radical (unpaired) electrons. The van der Waals surface area contributed by atoms with Crippen LogP contribution < -0.4 is 9.64 Å². The van der Waals surface area contributed by atoms with E-state index in [0.29, 0.717) is 17.9 Å². The van der Waals surface area contributed by atoms with Gasteiger partial charge >= 0.3 is 0 Å². The number of ether oxygens (including phenoxy) is 1. The summed E-state index contributed by atoms with van der Waals surface area (Å²) in [5.41, 5.74) is 0.639. The van der Waals surface area contributed by atoms with E-state index in [1.54, 1.807) is 31.4 Å². The molecule has 3 nitrogen and oxygen atoms in total. The van der Waals surface area contributed by atoms with Crippen LogP contribution >= 0.6 is 34.8 Å². The Morgan fingerprint density at radius 3 is 2.43 bits per heavy atom. The topological polar surface area (TPSA) is 29.5 Å². The van der Waals surface area contributed by atoms with E-state index in [1.165, 1.54) is 4.90 Å². The Morgan fingerprint density at radius 2 is 1.86 bits per heavy atom. The summed E-state index contributed by atoms with van der Waals surface area (Å²) in [7, 11) is 1.59. The molecule has 0 N–H and O–H groups in total. The van der Waals surface area contributed by atoms with Crippen LogP contribution in [0.15, 0.2) is 24.3 Å². The van der Waals surface area contributed by atoms with Crippen molar-refractivity contribution in [2.75, 3.05) is 12.0 Å². The Balaban J connectivity index is 2.02. The summed E-state index contributed by atoms with van der Waals surface area (Å²) >= 11 is 19.7. The number of hydrogen-bond donors (Lipinski definition) is 0. The molecule has 1 heterocycles. The van der Waals surface area contributed by atoms with Crippen molar-refractivity contribution in [2.45, 2.75) is 35.0 Å². The van der Waals surface area contributed by atoms with Gasteiger partial charge in [-0.2, -0.15) is 0 Å². The second-order valence-electron chi connectivity index (χ2n) is 5.59. The van der Waals surface area contributed by atoms with Gasteiger partial charge in [0, 0.05) is 11.6 Å². The molecule has 1 aliphatic carbocycles. The number of benzene rings is 1. The molecule has 1 amide bonds. The highest BCUT2D eigenvalue weighted by Gasteiger charge is 2.66. The first kappa shape index (κ1) is 15.3. The molecule has 0 bridgehead atoms. The molecule has 1 saturated carbocycles. The third-order valence-corrected chi connectivity index (χ3v) is 5.92. The summed E-state index contributed by atoms with van der Waals surface area (Å²) in [5.74, 6) is 0.237. The number of alkyl halides is 3. The van der Waals surface area contributed by atoms with E-state index in [9.17, 15) is 4.79 Å².